The second-order valence-electron chi connectivity index (χ2n) is 5.28. The van der Waals surface area contributed by atoms with Crippen molar-refractivity contribution in [3.8, 4) is 0 Å². The van der Waals surface area contributed by atoms with Gasteiger partial charge in [0.15, 0.2) is 0 Å². The number of hydrogen-bond acceptors (Lipinski definition) is 2. The molecule has 1 N–H and O–H groups in total. The van der Waals surface area contributed by atoms with Gasteiger partial charge in [-0.2, -0.15) is 12.6 Å². The van der Waals surface area contributed by atoms with E-state index in [-0.39, 0.29) is 5.25 Å². The topological polar surface area (TPSA) is 20.2 Å². The maximum atomic E-state index is 10.2. The molecule has 0 aromatic carbocycles. The summed E-state index contributed by atoms with van der Waals surface area (Å²) in [5, 5.41) is 10.4. The predicted molar refractivity (Wildman–Crippen MR) is 53.4 cm³/mol. The molecule has 12 heavy (non-hydrogen) atoms. The lowest BCUT2D eigenvalue weighted by atomic mass is 9.44. The molecule has 3 saturated carbocycles. The third-order valence-electron chi connectivity index (χ3n) is 4.36. The molecule has 0 saturated heterocycles. The first kappa shape index (κ1) is 8.89. The fraction of sp³-hybridized carbons (Fsp3) is 1.00. The van der Waals surface area contributed by atoms with E-state index < -0.39 is 5.60 Å². The summed E-state index contributed by atoms with van der Waals surface area (Å²) in [7, 11) is 0. The zero-order valence-electron chi connectivity index (χ0n) is 8.04. The van der Waals surface area contributed by atoms with Crippen LogP contribution in [-0.2, 0) is 0 Å². The summed E-state index contributed by atoms with van der Waals surface area (Å²) in [5.41, 5.74) is -0.190. The Bertz CT molecular complexity index is 210. The van der Waals surface area contributed by atoms with Gasteiger partial charge in [-0.1, -0.05) is 13.8 Å². The van der Waals surface area contributed by atoms with E-state index in [1.54, 1.807) is 0 Å². The van der Waals surface area contributed by atoms with Crippen molar-refractivity contribution in [1.29, 1.82) is 0 Å². The van der Waals surface area contributed by atoms with Crippen molar-refractivity contribution >= 4 is 12.6 Å². The molecular weight excluding hydrogens is 168 g/mol. The smallest absolute Gasteiger partial charge is 0.0768 e. The van der Waals surface area contributed by atoms with Gasteiger partial charge in [0.05, 0.1) is 5.60 Å². The molecule has 2 bridgehead atoms. The second-order valence-corrected chi connectivity index (χ2v) is 5.91. The summed E-state index contributed by atoms with van der Waals surface area (Å²) in [6.07, 6.45) is 2.29. The van der Waals surface area contributed by atoms with E-state index in [1.807, 2.05) is 6.92 Å². The lowest BCUT2D eigenvalue weighted by molar-refractivity contribution is -0.187. The average Bonchev–Trinajstić information content (AvgIpc) is 1.93. The van der Waals surface area contributed by atoms with Crippen molar-refractivity contribution in [2.45, 2.75) is 44.5 Å². The Morgan fingerprint density at radius 1 is 1.25 bits per heavy atom. The number of hydrogen-bond donors (Lipinski definition) is 2. The van der Waals surface area contributed by atoms with E-state index in [0.29, 0.717) is 11.3 Å². The third-order valence-corrected chi connectivity index (χ3v) is 5.09. The molecule has 4 atom stereocenters. The van der Waals surface area contributed by atoms with Gasteiger partial charge in [-0.25, -0.2) is 0 Å². The molecule has 0 radical (unpaired) electrons. The van der Waals surface area contributed by atoms with Gasteiger partial charge in [0.1, 0.15) is 0 Å². The monoisotopic (exact) mass is 186 g/mol. The number of aliphatic hydroxyl groups is 1. The first-order chi connectivity index (χ1) is 5.37. The molecule has 0 unspecified atom stereocenters. The summed E-state index contributed by atoms with van der Waals surface area (Å²) in [6.45, 7) is 6.51. The minimum atomic E-state index is -0.540. The Labute approximate surface area is 80.0 Å². The SMILES string of the molecule is CC1(C)[C@H]2C[C@@H](S)[C@](C)(O)[C@@H]1C2. The molecule has 0 amide bonds. The Morgan fingerprint density at radius 3 is 2.17 bits per heavy atom. The summed E-state index contributed by atoms with van der Waals surface area (Å²) in [6, 6.07) is 0. The van der Waals surface area contributed by atoms with Crippen LogP contribution in [0.1, 0.15) is 33.6 Å². The molecule has 3 aliphatic carbocycles. The van der Waals surface area contributed by atoms with Gasteiger partial charge >= 0.3 is 0 Å². The van der Waals surface area contributed by atoms with Crippen LogP contribution in [0.4, 0.5) is 0 Å². The highest BCUT2D eigenvalue weighted by Gasteiger charge is 2.61. The largest absolute Gasteiger partial charge is 0.389 e. The lowest BCUT2D eigenvalue weighted by Crippen LogP contribution is -2.65. The fourth-order valence-corrected chi connectivity index (χ4v) is 3.58. The number of fused-ring (bicyclic) bond motifs is 2. The van der Waals surface area contributed by atoms with E-state index in [0.717, 1.165) is 12.3 Å². The zero-order chi connectivity index (χ0) is 9.15. The van der Waals surface area contributed by atoms with Crippen LogP contribution in [0.25, 0.3) is 0 Å². The van der Waals surface area contributed by atoms with E-state index in [1.165, 1.54) is 6.42 Å². The normalized spacial score (nSPS) is 56.2. The number of thiol groups is 1. The maximum Gasteiger partial charge on any atom is 0.0768 e. The summed E-state index contributed by atoms with van der Waals surface area (Å²) < 4.78 is 0. The minimum absolute atomic E-state index is 0.189. The molecule has 3 aliphatic rings. The second kappa shape index (κ2) is 2.21. The summed E-state index contributed by atoms with van der Waals surface area (Å²) in [5.74, 6) is 1.26. The fourth-order valence-electron chi connectivity index (χ4n) is 3.15. The van der Waals surface area contributed by atoms with Crippen LogP contribution < -0.4 is 0 Å². The Hall–Kier alpha value is 0.310. The quantitative estimate of drug-likeness (QED) is 0.555. The van der Waals surface area contributed by atoms with Crippen LogP contribution >= 0.6 is 12.6 Å². The molecule has 0 heterocycles. The highest BCUT2D eigenvalue weighted by atomic mass is 32.1. The highest BCUT2D eigenvalue weighted by Crippen LogP contribution is 2.63. The van der Waals surface area contributed by atoms with Crippen molar-refractivity contribution in [2.75, 3.05) is 0 Å². The Kier molecular flexibility index (Phi) is 1.64. The van der Waals surface area contributed by atoms with Crippen molar-refractivity contribution < 1.29 is 5.11 Å². The van der Waals surface area contributed by atoms with Gasteiger partial charge in [0, 0.05) is 5.25 Å². The van der Waals surface area contributed by atoms with Gasteiger partial charge in [0.2, 0.25) is 0 Å². The molecule has 0 aromatic rings. The van der Waals surface area contributed by atoms with Crippen LogP contribution in [0.3, 0.4) is 0 Å². The van der Waals surface area contributed by atoms with Crippen LogP contribution in [-0.4, -0.2) is 16.0 Å². The summed E-state index contributed by atoms with van der Waals surface area (Å²) in [4.78, 5) is 0. The predicted octanol–water partition coefficient (Wildman–Crippen LogP) is 2.10. The third kappa shape index (κ3) is 0.856. The maximum absolute atomic E-state index is 10.2. The Balaban J connectivity index is 2.27. The van der Waals surface area contributed by atoms with Gasteiger partial charge < -0.3 is 5.11 Å². The standard InChI is InChI=1S/C10H18OS/c1-9(2)6-4-7(9)10(3,11)8(12)5-6/h6-8,11-12H,4-5H2,1-3H3/t6-,7-,8-,10-/m1/s1. The van der Waals surface area contributed by atoms with Crippen LogP contribution in [0.2, 0.25) is 0 Å². The van der Waals surface area contributed by atoms with E-state index in [4.69, 9.17) is 0 Å². The molecule has 3 fully saturated rings. The van der Waals surface area contributed by atoms with Crippen LogP contribution in [0.5, 0.6) is 0 Å². The molecule has 0 aromatic heterocycles. The highest BCUT2D eigenvalue weighted by molar-refractivity contribution is 7.81. The van der Waals surface area contributed by atoms with Crippen molar-refractivity contribution in [3.05, 3.63) is 0 Å². The number of rotatable bonds is 0. The molecule has 0 aliphatic heterocycles. The molecule has 1 nitrogen and oxygen atoms in total. The van der Waals surface area contributed by atoms with Gasteiger partial charge in [0.25, 0.3) is 0 Å². The van der Waals surface area contributed by atoms with Crippen LogP contribution in [0, 0.1) is 17.3 Å². The first-order valence-electron chi connectivity index (χ1n) is 4.77. The Morgan fingerprint density at radius 2 is 1.83 bits per heavy atom. The minimum Gasteiger partial charge on any atom is -0.389 e. The van der Waals surface area contributed by atoms with Crippen molar-refractivity contribution in [3.63, 3.8) is 0 Å². The summed E-state index contributed by atoms with van der Waals surface area (Å²) >= 11 is 4.46. The van der Waals surface area contributed by atoms with Gasteiger partial charge in [-0.3, -0.25) is 0 Å². The first-order valence-corrected chi connectivity index (χ1v) is 5.29. The average molecular weight is 186 g/mol. The molecule has 2 heteroatoms. The van der Waals surface area contributed by atoms with Crippen LogP contribution in [0.15, 0.2) is 0 Å². The van der Waals surface area contributed by atoms with E-state index in [9.17, 15) is 5.11 Å². The molecular formula is C10H18OS. The van der Waals surface area contributed by atoms with E-state index in [2.05, 4.69) is 26.5 Å². The zero-order valence-corrected chi connectivity index (χ0v) is 8.94. The molecule has 3 rings (SSSR count). The molecule has 70 valence electrons. The van der Waals surface area contributed by atoms with Crippen molar-refractivity contribution in [2.24, 2.45) is 17.3 Å². The lowest BCUT2D eigenvalue weighted by Gasteiger charge is -2.64. The van der Waals surface area contributed by atoms with E-state index >= 15 is 0 Å². The molecule has 0 spiro atoms. The van der Waals surface area contributed by atoms with Crippen molar-refractivity contribution in [1.82, 2.24) is 0 Å². The van der Waals surface area contributed by atoms with Gasteiger partial charge in [-0.05, 0) is 37.0 Å². The van der Waals surface area contributed by atoms with Gasteiger partial charge in [-0.15, -0.1) is 0 Å².